The second-order valence-electron chi connectivity index (χ2n) is 14.6. The van der Waals surface area contributed by atoms with Crippen molar-refractivity contribution < 1.29 is 25.9 Å². The van der Waals surface area contributed by atoms with Gasteiger partial charge in [0.1, 0.15) is 0 Å². The number of rotatable bonds is 8. The first-order valence-corrected chi connectivity index (χ1v) is 25.4. The normalized spacial score (nSPS) is 57.8. The zero-order valence-electron chi connectivity index (χ0n) is 23.3. The quantitative estimate of drug-likeness (QED) is 0.258. The summed E-state index contributed by atoms with van der Waals surface area (Å²) < 4.78 is 40.9. The van der Waals surface area contributed by atoms with E-state index in [1.807, 2.05) is 0 Å². The van der Waals surface area contributed by atoms with E-state index in [1.54, 1.807) is 0 Å². The van der Waals surface area contributed by atoms with Gasteiger partial charge in [-0.25, -0.2) is 0 Å². The molecule has 4 aliphatic carbocycles. The Hall–Kier alpha value is 0.628. The molecule has 12 atom stereocenters. The summed E-state index contributed by atoms with van der Waals surface area (Å²) in [6.07, 6.45) is 12.0. The summed E-state index contributed by atoms with van der Waals surface area (Å²) in [7, 11) is -9.67. The standard InChI is InChI=1S/C26H48O6Si4/c1-7-10-34(4)31-35(5,11-8-18-13-19-15-22(18)25-24(19)27-25)29-33(2,3)30-36(6,32-34)12-9-21-14-20-16-26(21)17-23(20)28-26/h18-25H,7-17H2,1-6H3. The smallest absolute Gasteiger partial charge is 0.317 e. The average Bonchev–Trinajstić information content (AvgIpc) is 3.09. The molecular formula is C26H48O6Si4. The van der Waals surface area contributed by atoms with Crippen LogP contribution in [0.5, 0.6) is 0 Å². The van der Waals surface area contributed by atoms with Crippen molar-refractivity contribution in [3.8, 4) is 0 Å². The third-order valence-corrected chi connectivity index (χ3v) is 29.1. The second kappa shape index (κ2) is 8.33. The Morgan fingerprint density at radius 1 is 0.722 bits per heavy atom. The minimum absolute atomic E-state index is 0.211. The topological polar surface area (TPSA) is 58.7 Å². The Morgan fingerprint density at radius 2 is 1.39 bits per heavy atom. The lowest BCUT2D eigenvalue weighted by Gasteiger charge is -2.51. The second-order valence-corrected chi connectivity index (χ2v) is 28.9. The highest BCUT2D eigenvalue weighted by molar-refractivity contribution is 6.93. The number of ether oxygens (including phenoxy) is 2. The van der Waals surface area contributed by atoms with Crippen molar-refractivity contribution in [3.63, 3.8) is 0 Å². The molecule has 4 saturated carbocycles. The molecule has 0 aromatic rings. The Balaban J connectivity index is 1.05. The molecule has 0 N–H and O–H groups in total. The van der Waals surface area contributed by atoms with Gasteiger partial charge in [0.15, 0.2) is 0 Å². The van der Waals surface area contributed by atoms with Crippen molar-refractivity contribution >= 4 is 34.2 Å². The molecule has 10 heteroatoms. The van der Waals surface area contributed by atoms with E-state index in [9.17, 15) is 0 Å². The molecule has 12 unspecified atom stereocenters. The van der Waals surface area contributed by atoms with Crippen LogP contribution in [0.15, 0.2) is 0 Å². The number of epoxide rings is 1. The first-order chi connectivity index (χ1) is 16.9. The first-order valence-electron chi connectivity index (χ1n) is 15.1. The summed E-state index contributed by atoms with van der Waals surface area (Å²) in [6, 6.07) is 3.14. The van der Waals surface area contributed by atoms with E-state index in [0.29, 0.717) is 24.2 Å². The highest BCUT2D eigenvalue weighted by atomic mass is 28.5. The molecule has 8 fully saturated rings. The van der Waals surface area contributed by atoms with Gasteiger partial charge in [-0.05, 0) is 119 Å². The van der Waals surface area contributed by atoms with E-state index in [-0.39, 0.29) is 5.60 Å². The Labute approximate surface area is 222 Å². The summed E-state index contributed by atoms with van der Waals surface area (Å²) in [5.74, 6) is 3.92. The monoisotopic (exact) mass is 568 g/mol. The summed E-state index contributed by atoms with van der Waals surface area (Å²) >= 11 is 0. The van der Waals surface area contributed by atoms with Crippen LogP contribution in [-0.2, 0) is 25.9 Å². The largest absolute Gasteiger partial charge is 0.416 e. The molecule has 4 aliphatic heterocycles. The van der Waals surface area contributed by atoms with Gasteiger partial charge >= 0.3 is 34.2 Å². The Morgan fingerprint density at radius 3 is 1.94 bits per heavy atom. The van der Waals surface area contributed by atoms with Crippen molar-refractivity contribution in [2.24, 2.45) is 29.6 Å². The van der Waals surface area contributed by atoms with Gasteiger partial charge in [-0.2, -0.15) is 0 Å². The molecule has 204 valence electrons. The Bertz CT molecular complexity index is 902. The van der Waals surface area contributed by atoms with Crippen molar-refractivity contribution in [2.75, 3.05) is 0 Å². The van der Waals surface area contributed by atoms with Crippen molar-refractivity contribution in [1.82, 2.24) is 0 Å². The van der Waals surface area contributed by atoms with Crippen LogP contribution in [0.25, 0.3) is 0 Å². The maximum absolute atomic E-state index is 7.23. The van der Waals surface area contributed by atoms with Crippen LogP contribution >= 0.6 is 0 Å². The fourth-order valence-corrected chi connectivity index (χ4v) is 32.9. The predicted octanol–water partition coefficient (Wildman–Crippen LogP) is 6.17. The zero-order chi connectivity index (χ0) is 25.1. The minimum atomic E-state index is -2.44. The molecule has 0 amide bonds. The van der Waals surface area contributed by atoms with E-state index in [1.165, 1.54) is 44.9 Å². The first kappa shape index (κ1) is 25.6. The lowest BCUT2D eigenvalue weighted by Crippen LogP contribution is -2.66. The number of hydrogen-bond acceptors (Lipinski definition) is 6. The molecule has 5 bridgehead atoms. The van der Waals surface area contributed by atoms with E-state index < -0.39 is 34.2 Å². The van der Waals surface area contributed by atoms with E-state index in [4.69, 9.17) is 25.9 Å². The summed E-state index contributed by atoms with van der Waals surface area (Å²) in [4.78, 5) is 0. The van der Waals surface area contributed by atoms with Gasteiger partial charge in [0.2, 0.25) is 0 Å². The van der Waals surface area contributed by atoms with Crippen LogP contribution in [0.2, 0.25) is 50.9 Å². The number of fused-ring (bicyclic) bond motifs is 5. The Kier molecular flexibility index (Phi) is 5.92. The van der Waals surface area contributed by atoms with E-state index >= 15 is 0 Å². The van der Waals surface area contributed by atoms with Crippen LogP contribution in [0, 0.1) is 29.6 Å². The minimum Gasteiger partial charge on any atom is -0.416 e. The fraction of sp³-hybridized carbons (Fsp3) is 1.00. The maximum atomic E-state index is 7.23. The lowest BCUT2D eigenvalue weighted by atomic mass is 9.77. The van der Waals surface area contributed by atoms with Gasteiger partial charge in [-0.3, -0.25) is 0 Å². The molecule has 6 nitrogen and oxygen atoms in total. The summed E-state index contributed by atoms with van der Waals surface area (Å²) in [5, 5.41) is 0. The SMILES string of the molecule is CCC[Si]1(C)O[Si](C)(CCC2CC3CC2C2OC32)O[Si](C)(C)O[Si](C)(CCC2CC3CC24CC3O4)O1. The number of hydrogen-bond donors (Lipinski definition) is 0. The van der Waals surface area contributed by atoms with Gasteiger partial charge in [-0.1, -0.05) is 13.3 Å². The van der Waals surface area contributed by atoms with Gasteiger partial charge in [0, 0.05) is 6.42 Å². The van der Waals surface area contributed by atoms with Crippen LogP contribution in [0.1, 0.15) is 58.3 Å². The molecule has 1 spiro atoms. The van der Waals surface area contributed by atoms with E-state index in [2.05, 4.69) is 39.7 Å². The summed E-state index contributed by atoms with van der Waals surface area (Å²) in [6.45, 7) is 13.7. The van der Waals surface area contributed by atoms with Crippen molar-refractivity contribution in [1.29, 1.82) is 0 Å². The predicted molar refractivity (Wildman–Crippen MR) is 147 cm³/mol. The molecule has 0 aromatic heterocycles. The molecule has 8 rings (SSSR count). The van der Waals surface area contributed by atoms with Crippen LogP contribution in [0.3, 0.4) is 0 Å². The molecule has 36 heavy (non-hydrogen) atoms. The molecule has 0 aromatic carbocycles. The van der Waals surface area contributed by atoms with Crippen molar-refractivity contribution in [3.05, 3.63) is 0 Å². The van der Waals surface area contributed by atoms with Crippen molar-refractivity contribution in [2.45, 2.75) is 133 Å². The maximum Gasteiger partial charge on any atom is 0.317 e. The molecule has 0 radical (unpaired) electrons. The molecule has 4 heterocycles. The van der Waals surface area contributed by atoms with Gasteiger partial charge in [0.25, 0.3) is 0 Å². The molecular weight excluding hydrogens is 521 g/mol. The highest BCUT2D eigenvalue weighted by Gasteiger charge is 2.67. The van der Waals surface area contributed by atoms with Crippen LogP contribution in [0.4, 0.5) is 0 Å². The molecule has 8 aliphatic rings. The zero-order valence-corrected chi connectivity index (χ0v) is 27.3. The third kappa shape index (κ3) is 4.28. The van der Waals surface area contributed by atoms with Gasteiger partial charge in [-0.15, -0.1) is 0 Å². The third-order valence-electron chi connectivity index (χ3n) is 11.0. The van der Waals surface area contributed by atoms with Gasteiger partial charge < -0.3 is 25.9 Å². The summed E-state index contributed by atoms with van der Waals surface area (Å²) in [5.41, 5.74) is 0.211. The van der Waals surface area contributed by atoms with Crippen LogP contribution < -0.4 is 0 Å². The van der Waals surface area contributed by atoms with Crippen LogP contribution in [-0.4, -0.2) is 58.2 Å². The lowest BCUT2D eigenvalue weighted by molar-refractivity contribution is -0.209. The molecule has 4 saturated heterocycles. The average molecular weight is 569 g/mol. The highest BCUT2D eigenvalue weighted by Crippen LogP contribution is 2.65. The van der Waals surface area contributed by atoms with Gasteiger partial charge in [0.05, 0.1) is 23.9 Å². The van der Waals surface area contributed by atoms with E-state index in [0.717, 1.165) is 48.2 Å². The fourth-order valence-electron chi connectivity index (χ4n) is 9.97.